The molecule has 1 aromatic rings. The molecule has 0 amide bonds. The Balaban J connectivity index is 1.87. The highest BCUT2D eigenvalue weighted by Gasteiger charge is 2.50. The van der Waals surface area contributed by atoms with Crippen LogP contribution < -0.4 is 15.8 Å². The Morgan fingerprint density at radius 2 is 2.32 bits per heavy atom. The van der Waals surface area contributed by atoms with Crippen molar-refractivity contribution >= 4 is 5.69 Å². The average Bonchev–Trinajstić information content (AvgIpc) is 3.02. The zero-order valence-corrected chi connectivity index (χ0v) is 11.3. The fourth-order valence-corrected chi connectivity index (χ4v) is 3.89. The number of nitrogens with one attached hydrogen (secondary N) is 1. The van der Waals surface area contributed by atoms with E-state index in [0.29, 0.717) is 23.9 Å². The minimum absolute atomic E-state index is 0.129. The molecular formula is C15H21FN2O. The van der Waals surface area contributed by atoms with Crippen molar-refractivity contribution in [2.24, 2.45) is 17.6 Å². The maximum atomic E-state index is 13.9. The molecule has 2 saturated carbocycles. The van der Waals surface area contributed by atoms with E-state index >= 15 is 0 Å². The molecule has 4 heteroatoms. The van der Waals surface area contributed by atoms with Crippen LogP contribution in [-0.4, -0.2) is 19.2 Å². The number of rotatable bonds is 4. The predicted molar refractivity (Wildman–Crippen MR) is 73.8 cm³/mol. The Labute approximate surface area is 113 Å². The first-order valence-corrected chi connectivity index (χ1v) is 6.98. The average molecular weight is 264 g/mol. The summed E-state index contributed by atoms with van der Waals surface area (Å²) in [7, 11) is 1.59. The zero-order chi connectivity index (χ0) is 13.5. The van der Waals surface area contributed by atoms with Crippen molar-refractivity contribution in [3.63, 3.8) is 0 Å². The molecule has 0 heterocycles. The Morgan fingerprint density at radius 1 is 1.47 bits per heavy atom. The van der Waals surface area contributed by atoms with Crippen molar-refractivity contribution in [2.75, 3.05) is 19.0 Å². The van der Waals surface area contributed by atoms with Crippen LogP contribution in [0.2, 0.25) is 0 Å². The van der Waals surface area contributed by atoms with Crippen molar-refractivity contribution in [3.05, 3.63) is 24.0 Å². The number of fused-ring (bicyclic) bond motifs is 2. The number of halogens is 1. The summed E-state index contributed by atoms with van der Waals surface area (Å²) in [5, 5.41) is 3.40. The van der Waals surface area contributed by atoms with Gasteiger partial charge in [-0.25, -0.2) is 4.39 Å². The van der Waals surface area contributed by atoms with Gasteiger partial charge in [-0.15, -0.1) is 0 Å². The summed E-state index contributed by atoms with van der Waals surface area (Å²) < 4.78 is 19.1. The first kappa shape index (κ1) is 12.7. The molecule has 3 atom stereocenters. The lowest BCUT2D eigenvalue weighted by molar-refractivity contribution is 0.305. The van der Waals surface area contributed by atoms with Crippen LogP contribution in [-0.2, 0) is 0 Å². The van der Waals surface area contributed by atoms with Crippen molar-refractivity contribution in [2.45, 2.75) is 31.2 Å². The molecule has 3 rings (SSSR count). The van der Waals surface area contributed by atoms with Gasteiger partial charge in [-0.1, -0.05) is 0 Å². The summed E-state index contributed by atoms with van der Waals surface area (Å²) in [5.41, 5.74) is 6.39. The lowest BCUT2D eigenvalue weighted by atomic mass is 9.80. The number of methoxy groups -OCH3 is 1. The van der Waals surface area contributed by atoms with Gasteiger partial charge in [0.05, 0.1) is 18.3 Å². The van der Waals surface area contributed by atoms with Gasteiger partial charge in [0.15, 0.2) is 0 Å². The van der Waals surface area contributed by atoms with E-state index in [1.807, 2.05) is 0 Å². The SMILES string of the molecule is COc1ccc(F)c(NC2(CN)CC3CCC2C3)c1. The molecule has 2 fully saturated rings. The smallest absolute Gasteiger partial charge is 0.146 e. The second-order valence-electron chi connectivity index (χ2n) is 5.91. The Hall–Kier alpha value is -1.29. The van der Waals surface area contributed by atoms with Gasteiger partial charge >= 0.3 is 0 Å². The number of benzene rings is 1. The van der Waals surface area contributed by atoms with Crippen LogP contribution in [0, 0.1) is 17.7 Å². The molecule has 3 unspecified atom stereocenters. The van der Waals surface area contributed by atoms with Crippen molar-refractivity contribution < 1.29 is 9.13 Å². The standard InChI is InChI=1S/C15H21FN2O/c1-19-12-4-5-13(16)14(7-12)18-15(9-17)8-10-2-3-11(15)6-10/h4-5,7,10-11,18H,2-3,6,8-9,17H2,1H3. The van der Waals surface area contributed by atoms with Gasteiger partial charge in [-0.2, -0.15) is 0 Å². The quantitative estimate of drug-likeness (QED) is 0.879. The summed E-state index contributed by atoms with van der Waals surface area (Å²) >= 11 is 0. The van der Waals surface area contributed by atoms with Crippen LogP contribution >= 0.6 is 0 Å². The topological polar surface area (TPSA) is 47.3 Å². The van der Waals surface area contributed by atoms with Gasteiger partial charge in [0.2, 0.25) is 0 Å². The van der Waals surface area contributed by atoms with E-state index in [9.17, 15) is 4.39 Å². The van der Waals surface area contributed by atoms with E-state index in [0.717, 1.165) is 12.3 Å². The van der Waals surface area contributed by atoms with E-state index in [1.165, 1.54) is 25.3 Å². The summed E-state index contributed by atoms with van der Waals surface area (Å²) in [6.45, 7) is 0.560. The minimum Gasteiger partial charge on any atom is -0.497 e. The fraction of sp³-hybridized carbons (Fsp3) is 0.600. The lowest BCUT2D eigenvalue weighted by Gasteiger charge is -2.38. The molecular weight excluding hydrogens is 243 g/mol. The first-order chi connectivity index (χ1) is 9.16. The van der Waals surface area contributed by atoms with Crippen LogP contribution in [0.4, 0.5) is 10.1 Å². The molecule has 2 aliphatic rings. The zero-order valence-electron chi connectivity index (χ0n) is 11.3. The number of ether oxygens (including phenoxy) is 1. The highest BCUT2D eigenvalue weighted by Crippen LogP contribution is 2.51. The molecule has 3 nitrogen and oxygen atoms in total. The van der Waals surface area contributed by atoms with E-state index in [-0.39, 0.29) is 11.4 Å². The van der Waals surface area contributed by atoms with Crippen LogP contribution in [0.1, 0.15) is 25.7 Å². The van der Waals surface area contributed by atoms with Gasteiger partial charge in [-0.05, 0) is 49.7 Å². The normalized spacial score (nSPS) is 32.6. The molecule has 2 aliphatic carbocycles. The largest absolute Gasteiger partial charge is 0.497 e. The van der Waals surface area contributed by atoms with Crippen molar-refractivity contribution in [1.29, 1.82) is 0 Å². The third kappa shape index (κ3) is 2.08. The number of nitrogens with two attached hydrogens (primary N) is 1. The van der Waals surface area contributed by atoms with Gasteiger partial charge in [-0.3, -0.25) is 0 Å². The monoisotopic (exact) mass is 264 g/mol. The number of anilines is 1. The van der Waals surface area contributed by atoms with Crippen LogP contribution in [0.15, 0.2) is 18.2 Å². The van der Waals surface area contributed by atoms with E-state index in [1.54, 1.807) is 19.2 Å². The molecule has 0 aromatic heterocycles. The molecule has 3 N–H and O–H groups in total. The molecule has 0 radical (unpaired) electrons. The molecule has 0 saturated heterocycles. The fourth-order valence-electron chi connectivity index (χ4n) is 3.89. The molecule has 2 bridgehead atoms. The highest BCUT2D eigenvalue weighted by molar-refractivity contribution is 5.52. The third-order valence-electron chi connectivity index (χ3n) is 4.90. The van der Waals surface area contributed by atoms with Crippen molar-refractivity contribution in [3.8, 4) is 5.75 Å². The van der Waals surface area contributed by atoms with E-state index in [4.69, 9.17) is 10.5 Å². The number of hydrogen-bond acceptors (Lipinski definition) is 3. The van der Waals surface area contributed by atoms with Crippen LogP contribution in [0.5, 0.6) is 5.75 Å². The summed E-state index contributed by atoms with van der Waals surface area (Å²) in [5.74, 6) is 1.76. The third-order valence-corrected chi connectivity index (χ3v) is 4.90. The molecule has 0 aliphatic heterocycles. The number of hydrogen-bond donors (Lipinski definition) is 2. The summed E-state index contributed by atoms with van der Waals surface area (Å²) in [6, 6.07) is 4.80. The lowest BCUT2D eigenvalue weighted by Crippen LogP contribution is -2.50. The van der Waals surface area contributed by atoms with Gasteiger partial charge in [0, 0.05) is 12.6 Å². The molecule has 0 spiro atoms. The van der Waals surface area contributed by atoms with Crippen molar-refractivity contribution in [1.82, 2.24) is 0 Å². The van der Waals surface area contributed by atoms with Gasteiger partial charge in [0.1, 0.15) is 11.6 Å². The van der Waals surface area contributed by atoms with Gasteiger partial charge in [0.25, 0.3) is 0 Å². The molecule has 104 valence electrons. The second-order valence-corrected chi connectivity index (χ2v) is 5.91. The summed E-state index contributed by atoms with van der Waals surface area (Å²) in [6.07, 6.45) is 4.80. The Morgan fingerprint density at radius 3 is 2.89 bits per heavy atom. The maximum absolute atomic E-state index is 13.9. The Bertz CT molecular complexity index is 479. The molecule has 1 aromatic carbocycles. The second kappa shape index (κ2) is 4.67. The predicted octanol–water partition coefficient (Wildman–Crippen LogP) is 2.76. The van der Waals surface area contributed by atoms with Gasteiger partial charge < -0.3 is 15.8 Å². The van der Waals surface area contributed by atoms with E-state index in [2.05, 4.69) is 5.32 Å². The summed E-state index contributed by atoms with van der Waals surface area (Å²) in [4.78, 5) is 0. The minimum atomic E-state index is -0.239. The maximum Gasteiger partial charge on any atom is 0.146 e. The highest BCUT2D eigenvalue weighted by atomic mass is 19.1. The molecule has 19 heavy (non-hydrogen) atoms. The van der Waals surface area contributed by atoms with Crippen LogP contribution in [0.25, 0.3) is 0 Å². The van der Waals surface area contributed by atoms with Crippen LogP contribution in [0.3, 0.4) is 0 Å². The Kier molecular flexibility index (Phi) is 3.13. The van der Waals surface area contributed by atoms with E-state index < -0.39 is 0 Å². The first-order valence-electron chi connectivity index (χ1n) is 6.98.